The lowest BCUT2D eigenvalue weighted by atomic mass is 10.4. The van der Waals surface area contributed by atoms with Gasteiger partial charge in [-0.1, -0.05) is 11.6 Å². The highest BCUT2D eigenvalue weighted by Crippen LogP contribution is 2.31. The van der Waals surface area contributed by atoms with Crippen LogP contribution in [0.3, 0.4) is 0 Å². The lowest BCUT2D eigenvalue weighted by Crippen LogP contribution is -2.16. The van der Waals surface area contributed by atoms with Gasteiger partial charge in [0.25, 0.3) is 10.0 Å². The number of nitriles is 1. The van der Waals surface area contributed by atoms with Crippen LogP contribution >= 0.6 is 22.9 Å². The number of nitrogens with one attached hydrogen (secondary N) is 1. The van der Waals surface area contributed by atoms with E-state index in [1.54, 1.807) is 13.8 Å². The van der Waals surface area contributed by atoms with Gasteiger partial charge in [-0.05, 0) is 25.5 Å². The van der Waals surface area contributed by atoms with E-state index in [0.717, 1.165) is 11.3 Å². The number of nitrogens with zero attached hydrogens (tertiary/aromatic N) is 3. The van der Waals surface area contributed by atoms with Gasteiger partial charge in [0.2, 0.25) is 0 Å². The molecule has 0 aliphatic heterocycles. The Labute approximate surface area is 125 Å². The number of rotatable bonds is 4. The van der Waals surface area contributed by atoms with Gasteiger partial charge in [-0.2, -0.15) is 10.4 Å². The molecule has 0 spiro atoms. The van der Waals surface area contributed by atoms with Crippen molar-refractivity contribution < 1.29 is 8.42 Å². The number of hydrogen-bond acceptors (Lipinski definition) is 5. The first kappa shape index (κ1) is 14.8. The van der Waals surface area contributed by atoms with E-state index >= 15 is 0 Å². The number of aromatic nitrogens is 2. The number of anilines is 1. The van der Waals surface area contributed by atoms with Gasteiger partial charge in [-0.3, -0.25) is 4.72 Å². The summed E-state index contributed by atoms with van der Waals surface area (Å²) in [5.41, 5.74) is 0.872. The standard InChI is InChI=1S/C11H11ClN4O2S2/c1-3-16-11(8(5-13)6-14-16)15-20(17,18)9-4-7(2)10(12)19-9/h4,6,15H,3H2,1-2H3. The van der Waals surface area contributed by atoms with Crippen LogP contribution in [0.2, 0.25) is 4.34 Å². The van der Waals surface area contributed by atoms with Crippen molar-refractivity contribution in [2.45, 2.75) is 24.6 Å². The summed E-state index contributed by atoms with van der Waals surface area (Å²) in [6, 6.07) is 3.40. The fraction of sp³-hybridized carbons (Fsp3) is 0.273. The van der Waals surface area contributed by atoms with Crippen molar-refractivity contribution in [3.8, 4) is 6.07 Å². The number of thiophene rings is 1. The molecule has 0 atom stereocenters. The van der Waals surface area contributed by atoms with Crippen LogP contribution in [0.15, 0.2) is 16.5 Å². The number of halogens is 1. The second-order valence-corrected chi connectivity index (χ2v) is 7.53. The zero-order valence-corrected chi connectivity index (χ0v) is 13.1. The van der Waals surface area contributed by atoms with E-state index in [2.05, 4.69) is 9.82 Å². The van der Waals surface area contributed by atoms with Gasteiger partial charge in [0, 0.05) is 6.54 Å². The zero-order chi connectivity index (χ0) is 14.9. The van der Waals surface area contributed by atoms with E-state index in [1.807, 2.05) is 6.07 Å². The van der Waals surface area contributed by atoms with Crippen molar-refractivity contribution in [1.82, 2.24) is 9.78 Å². The molecular formula is C11H11ClN4O2S2. The maximum atomic E-state index is 12.3. The number of hydrogen-bond donors (Lipinski definition) is 1. The van der Waals surface area contributed by atoms with E-state index in [-0.39, 0.29) is 15.6 Å². The summed E-state index contributed by atoms with van der Waals surface area (Å²) in [5, 5.41) is 12.9. The molecule has 0 amide bonds. The van der Waals surface area contributed by atoms with Crippen LogP contribution in [0.1, 0.15) is 18.1 Å². The Hall–Kier alpha value is -1.56. The minimum atomic E-state index is -3.78. The van der Waals surface area contributed by atoms with Crippen molar-refractivity contribution in [3.63, 3.8) is 0 Å². The van der Waals surface area contributed by atoms with Gasteiger partial charge in [0.05, 0.1) is 10.5 Å². The Morgan fingerprint density at radius 2 is 2.30 bits per heavy atom. The second-order valence-electron chi connectivity index (χ2n) is 3.96. The summed E-state index contributed by atoms with van der Waals surface area (Å²) in [6.45, 7) is 3.98. The molecule has 20 heavy (non-hydrogen) atoms. The zero-order valence-electron chi connectivity index (χ0n) is 10.7. The SMILES string of the molecule is CCn1ncc(C#N)c1NS(=O)(=O)c1cc(C)c(Cl)s1. The molecule has 0 radical (unpaired) electrons. The molecule has 1 N–H and O–H groups in total. The highest BCUT2D eigenvalue weighted by atomic mass is 35.5. The molecule has 9 heteroatoms. The Balaban J connectivity index is 2.43. The molecule has 2 aromatic rings. The van der Waals surface area contributed by atoms with Gasteiger partial charge in [-0.25, -0.2) is 13.1 Å². The van der Waals surface area contributed by atoms with E-state index in [9.17, 15) is 8.42 Å². The van der Waals surface area contributed by atoms with E-state index in [0.29, 0.717) is 16.4 Å². The summed E-state index contributed by atoms with van der Waals surface area (Å²) >= 11 is 6.86. The summed E-state index contributed by atoms with van der Waals surface area (Å²) in [5.74, 6) is 0.164. The number of sulfonamides is 1. The van der Waals surface area contributed by atoms with E-state index < -0.39 is 10.0 Å². The van der Waals surface area contributed by atoms with Crippen LogP contribution in [-0.2, 0) is 16.6 Å². The van der Waals surface area contributed by atoms with Gasteiger partial charge < -0.3 is 0 Å². The van der Waals surface area contributed by atoms with Crippen LogP contribution < -0.4 is 4.72 Å². The summed E-state index contributed by atoms with van der Waals surface area (Å²) < 4.78 is 28.9. The summed E-state index contributed by atoms with van der Waals surface area (Å²) in [7, 11) is -3.78. The van der Waals surface area contributed by atoms with Crippen molar-refractivity contribution in [2.24, 2.45) is 0 Å². The first-order valence-electron chi connectivity index (χ1n) is 5.63. The monoisotopic (exact) mass is 330 g/mol. The molecule has 6 nitrogen and oxygen atoms in total. The Morgan fingerprint density at radius 1 is 1.60 bits per heavy atom. The fourth-order valence-electron chi connectivity index (χ4n) is 1.56. The predicted molar refractivity (Wildman–Crippen MR) is 77.5 cm³/mol. The van der Waals surface area contributed by atoms with Crippen molar-refractivity contribution in [1.29, 1.82) is 5.26 Å². The van der Waals surface area contributed by atoms with Crippen LogP contribution in [-0.4, -0.2) is 18.2 Å². The highest BCUT2D eigenvalue weighted by Gasteiger charge is 2.22. The largest absolute Gasteiger partial charge is 0.272 e. The van der Waals surface area contributed by atoms with Gasteiger partial charge in [-0.15, -0.1) is 11.3 Å². The van der Waals surface area contributed by atoms with Crippen LogP contribution in [0.25, 0.3) is 0 Å². The normalized spacial score (nSPS) is 11.3. The van der Waals surface area contributed by atoms with Gasteiger partial charge in [0.15, 0.2) is 5.82 Å². The highest BCUT2D eigenvalue weighted by molar-refractivity contribution is 7.94. The average molecular weight is 331 g/mol. The molecule has 0 bridgehead atoms. The summed E-state index contributed by atoms with van der Waals surface area (Å²) in [4.78, 5) is 0. The summed E-state index contributed by atoms with van der Waals surface area (Å²) in [6.07, 6.45) is 1.33. The van der Waals surface area contributed by atoms with E-state index in [1.165, 1.54) is 16.9 Å². The molecule has 106 valence electrons. The van der Waals surface area contributed by atoms with Crippen LogP contribution in [0, 0.1) is 18.3 Å². The predicted octanol–water partition coefficient (Wildman–Crippen LogP) is 2.60. The molecule has 0 saturated carbocycles. The van der Waals surface area contributed by atoms with Crippen LogP contribution in [0.5, 0.6) is 0 Å². The molecule has 0 aromatic carbocycles. The van der Waals surface area contributed by atoms with E-state index in [4.69, 9.17) is 16.9 Å². The molecule has 0 saturated heterocycles. The minimum Gasteiger partial charge on any atom is -0.262 e. The molecule has 0 aliphatic rings. The first-order chi connectivity index (χ1) is 9.39. The quantitative estimate of drug-likeness (QED) is 0.933. The maximum absolute atomic E-state index is 12.3. The third-order valence-corrected chi connectivity index (χ3v) is 5.96. The molecular weight excluding hydrogens is 320 g/mol. The molecule has 0 unspecified atom stereocenters. The molecule has 2 heterocycles. The first-order valence-corrected chi connectivity index (χ1v) is 8.31. The van der Waals surface area contributed by atoms with Crippen LogP contribution in [0.4, 0.5) is 5.82 Å². The molecule has 0 aliphatic carbocycles. The second kappa shape index (κ2) is 5.44. The molecule has 0 fully saturated rings. The third-order valence-electron chi connectivity index (χ3n) is 2.59. The third kappa shape index (κ3) is 2.65. The van der Waals surface area contributed by atoms with Gasteiger partial charge in [0.1, 0.15) is 15.8 Å². The maximum Gasteiger partial charge on any atom is 0.272 e. The smallest absolute Gasteiger partial charge is 0.262 e. The fourth-order valence-corrected chi connectivity index (χ4v) is 4.35. The lowest BCUT2D eigenvalue weighted by Gasteiger charge is -2.08. The minimum absolute atomic E-state index is 0.104. The van der Waals surface area contributed by atoms with Crippen molar-refractivity contribution in [3.05, 3.63) is 27.7 Å². The Bertz CT molecular complexity index is 766. The van der Waals surface area contributed by atoms with Crippen molar-refractivity contribution in [2.75, 3.05) is 4.72 Å². The average Bonchev–Trinajstić information content (AvgIpc) is 2.93. The molecule has 2 aromatic heterocycles. The number of aryl methyl sites for hydroxylation is 2. The van der Waals surface area contributed by atoms with Gasteiger partial charge >= 0.3 is 0 Å². The molecule has 2 rings (SSSR count). The Morgan fingerprint density at radius 3 is 2.80 bits per heavy atom. The lowest BCUT2D eigenvalue weighted by molar-refractivity contribution is 0.601. The van der Waals surface area contributed by atoms with Crippen molar-refractivity contribution >= 4 is 38.8 Å². The topological polar surface area (TPSA) is 87.8 Å². The Kier molecular flexibility index (Phi) is 4.04.